The molecule has 3 heterocycles. The molecular weight excluding hydrogens is 661 g/mol. The Kier molecular flexibility index (Phi) is 9.53. The molecule has 2 aliphatic rings. The minimum absolute atomic E-state index is 0.0332. The lowest BCUT2D eigenvalue weighted by atomic mass is 9.83. The maximum Gasteiger partial charge on any atom is 0.335 e. The zero-order valence-electron chi connectivity index (χ0n) is 27.0. The number of rotatable bonds is 9. The zero-order chi connectivity index (χ0) is 34.8. The molecule has 1 aromatic heterocycles. The van der Waals surface area contributed by atoms with E-state index in [1.54, 1.807) is 18.2 Å². The number of carbonyl (C=O) groups excluding carboxylic acids is 2. The molecule has 2 aliphatic heterocycles. The smallest absolute Gasteiger partial charge is 0.335 e. The van der Waals surface area contributed by atoms with Gasteiger partial charge in [-0.2, -0.15) is 0 Å². The van der Waals surface area contributed by atoms with Crippen molar-refractivity contribution in [2.75, 3.05) is 32.8 Å². The van der Waals surface area contributed by atoms with Gasteiger partial charge in [0.1, 0.15) is 11.7 Å². The number of ketones is 1. The van der Waals surface area contributed by atoms with Crippen LogP contribution in [0.15, 0.2) is 91.1 Å². The molecule has 10 nitrogen and oxygen atoms in total. The van der Waals surface area contributed by atoms with Crippen LogP contribution in [-0.2, 0) is 28.9 Å². The van der Waals surface area contributed by atoms with E-state index in [4.69, 9.17) is 16.3 Å². The number of ether oxygens (including phenoxy) is 1. The lowest BCUT2D eigenvalue weighted by Gasteiger charge is -2.37. The molecule has 1 atom stereocenters. The summed E-state index contributed by atoms with van der Waals surface area (Å²) in [5.41, 5.74) is 5.64. The Balaban J connectivity index is 1.26. The number of nitrogens with zero attached hydrogens (tertiary/aromatic N) is 5. The van der Waals surface area contributed by atoms with Crippen LogP contribution in [0.2, 0.25) is 5.02 Å². The highest BCUT2D eigenvalue weighted by Crippen LogP contribution is 2.39. The van der Waals surface area contributed by atoms with Gasteiger partial charge in [0, 0.05) is 32.6 Å². The third-order valence-electron chi connectivity index (χ3n) is 9.26. The van der Waals surface area contributed by atoms with Gasteiger partial charge in [0.15, 0.2) is 17.3 Å². The molecule has 12 heteroatoms. The molecule has 0 spiro atoms. The van der Waals surface area contributed by atoms with Crippen LogP contribution < -0.4 is 0 Å². The molecule has 50 heavy (non-hydrogen) atoms. The summed E-state index contributed by atoms with van der Waals surface area (Å²) in [5.74, 6) is -2.53. The van der Waals surface area contributed by atoms with Crippen LogP contribution in [0.1, 0.15) is 49.1 Å². The topological polar surface area (TPSA) is 118 Å². The normalized spacial score (nSPS) is 16.2. The SMILES string of the molecule is O=C(O)c1ccc(CC(=O)C2c3cccc(-c4ccccc4CN4CCOCC4)c3CCN2C(=O)c2cn(-c3cccc(Cl)c3F)nn2)cc1. The quantitative estimate of drug-likeness (QED) is 0.206. The number of fused-ring (bicyclic) bond motifs is 1. The second-order valence-corrected chi connectivity index (χ2v) is 12.7. The molecule has 254 valence electrons. The number of morpholine rings is 1. The first-order valence-corrected chi connectivity index (χ1v) is 16.7. The van der Waals surface area contributed by atoms with Gasteiger partial charge in [-0.1, -0.05) is 77.5 Å². The van der Waals surface area contributed by atoms with Gasteiger partial charge in [-0.15, -0.1) is 5.10 Å². The number of hydrogen-bond acceptors (Lipinski definition) is 7. The fraction of sp³-hybridized carbons (Fsp3) is 0.237. The first kappa shape index (κ1) is 33.3. The van der Waals surface area contributed by atoms with Crippen molar-refractivity contribution in [1.82, 2.24) is 24.8 Å². The molecule has 1 N–H and O–H groups in total. The van der Waals surface area contributed by atoms with E-state index >= 15 is 0 Å². The van der Waals surface area contributed by atoms with Crippen molar-refractivity contribution < 1.29 is 28.6 Å². The second kappa shape index (κ2) is 14.3. The number of aromatic carboxylic acids is 1. The molecular formula is C38H33ClFN5O5. The molecule has 0 bridgehead atoms. The molecule has 0 radical (unpaired) electrons. The van der Waals surface area contributed by atoms with Gasteiger partial charge in [-0.05, 0) is 64.1 Å². The number of carboxylic acid groups (broad SMARTS) is 1. The average molecular weight is 694 g/mol. The van der Waals surface area contributed by atoms with Crippen molar-refractivity contribution in [1.29, 1.82) is 0 Å². The van der Waals surface area contributed by atoms with Crippen molar-refractivity contribution in [3.8, 4) is 16.8 Å². The highest BCUT2D eigenvalue weighted by Gasteiger charge is 2.38. The van der Waals surface area contributed by atoms with Crippen LogP contribution in [-0.4, -0.2) is 80.4 Å². The summed E-state index contributed by atoms with van der Waals surface area (Å²) in [6.07, 6.45) is 1.78. The van der Waals surface area contributed by atoms with E-state index < -0.39 is 23.7 Å². The van der Waals surface area contributed by atoms with E-state index in [2.05, 4.69) is 33.4 Å². The zero-order valence-corrected chi connectivity index (χ0v) is 27.7. The number of Topliss-reactive ketones (excluding diaryl/α,β-unsaturated/α-hetero) is 1. The largest absolute Gasteiger partial charge is 0.478 e. The van der Waals surface area contributed by atoms with Crippen LogP contribution in [0.4, 0.5) is 4.39 Å². The number of hydrogen-bond donors (Lipinski definition) is 1. The van der Waals surface area contributed by atoms with E-state index in [1.807, 2.05) is 24.3 Å². The summed E-state index contributed by atoms with van der Waals surface area (Å²) in [7, 11) is 0. The monoisotopic (exact) mass is 693 g/mol. The molecule has 0 aliphatic carbocycles. The number of aromatic nitrogens is 3. The molecule has 1 unspecified atom stereocenters. The predicted molar refractivity (Wildman–Crippen MR) is 184 cm³/mol. The predicted octanol–water partition coefficient (Wildman–Crippen LogP) is 5.81. The summed E-state index contributed by atoms with van der Waals surface area (Å²) < 4.78 is 21.5. The maximum absolute atomic E-state index is 14.8. The van der Waals surface area contributed by atoms with Gasteiger partial charge >= 0.3 is 5.97 Å². The Labute approximate surface area is 292 Å². The average Bonchev–Trinajstić information content (AvgIpc) is 3.63. The third-order valence-corrected chi connectivity index (χ3v) is 9.55. The summed E-state index contributed by atoms with van der Waals surface area (Å²) in [5, 5.41) is 17.3. The van der Waals surface area contributed by atoms with Gasteiger partial charge < -0.3 is 14.7 Å². The van der Waals surface area contributed by atoms with Crippen molar-refractivity contribution in [3.63, 3.8) is 0 Å². The molecule has 0 saturated carbocycles. The Morgan fingerprint density at radius 2 is 1.64 bits per heavy atom. The van der Waals surface area contributed by atoms with Crippen molar-refractivity contribution >= 4 is 29.3 Å². The molecule has 7 rings (SSSR count). The number of carbonyl (C=O) groups is 3. The fourth-order valence-corrected chi connectivity index (χ4v) is 6.94. The van der Waals surface area contributed by atoms with E-state index in [0.29, 0.717) is 30.8 Å². The van der Waals surface area contributed by atoms with Gasteiger partial charge in [-0.3, -0.25) is 14.5 Å². The van der Waals surface area contributed by atoms with Crippen molar-refractivity contribution in [2.24, 2.45) is 0 Å². The van der Waals surface area contributed by atoms with Crippen LogP contribution in [0.5, 0.6) is 0 Å². The number of benzene rings is 4. The highest BCUT2D eigenvalue weighted by atomic mass is 35.5. The van der Waals surface area contributed by atoms with Crippen molar-refractivity contribution in [3.05, 3.63) is 135 Å². The Morgan fingerprint density at radius 1 is 0.900 bits per heavy atom. The molecule has 1 saturated heterocycles. The number of carboxylic acids is 1. The van der Waals surface area contributed by atoms with Crippen LogP contribution in [0, 0.1) is 5.82 Å². The molecule has 1 fully saturated rings. The first-order valence-electron chi connectivity index (χ1n) is 16.3. The number of halogens is 2. The van der Waals surface area contributed by atoms with E-state index in [-0.39, 0.29) is 40.7 Å². The van der Waals surface area contributed by atoms with E-state index in [1.165, 1.54) is 35.4 Å². The van der Waals surface area contributed by atoms with Crippen molar-refractivity contribution in [2.45, 2.75) is 25.4 Å². The van der Waals surface area contributed by atoms with Crippen LogP contribution in [0.25, 0.3) is 16.8 Å². The molecule has 4 aromatic carbocycles. The fourth-order valence-electron chi connectivity index (χ4n) is 6.77. The minimum atomic E-state index is -1.06. The first-order chi connectivity index (χ1) is 24.3. The molecule has 5 aromatic rings. The van der Waals surface area contributed by atoms with Crippen LogP contribution >= 0.6 is 11.6 Å². The van der Waals surface area contributed by atoms with E-state index in [0.717, 1.165) is 46.6 Å². The summed E-state index contributed by atoms with van der Waals surface area (Å²) in [6.45, 7) is 4.05. The highest BCUT2D eigenvalue weighted by molar-refractivity contribution is 6.30. The van der Waals surface area contributed by atoms with Gasteiger partial charge in [0.2, 0.25) is 0 Å². The second-order valence-electron chi connectivity index (χ2n) is 12.3. The lowest BCUT2D eigenvalue weighted by Crippen LogP contribution is -2.44. The van der Waals surface area contributed by atoms with Gasteiger partial charge in [-0.25, -0.2) is 13.9 Å². The summed E-state index contributed by atoms with van der Waals surface area (Å²) >= 11 is 5.98. The minimum Gasteiger partial charge on any atom is -0.478 e. The third kappa shape index (κ3) is 6.67. The van der Waals surface area contributed by atoms with Gasteiger partial charge in [0.05, 0.1) is 30.0 Å². The standard InChI is InChI=1S/C38H33ClFN5O5/c39-31-9-4-10-33(35(31)40)45-23-32(41-42-45)37(47)44-16-15-29-28(27-6-2-1-5-26(27)22-43-17-19-50-20-18-43)7-3-8-30(29)36(44)34(46)21-24-11-13-25(14-12-24)38(48)49/h1-14,23,36H,15-22H2,(H,48,49). The Morgan fingerprint density at radius 3 is 2.42 bits per heavy atom. The van der Waals surface area contributed by atoms with E-state index in [9.17, 15) is 23.9 Å². The number of amides is 1. The summed E-state index contributed by atoms with van der Waals surface area (Å²) in [4.78, 5) is 43.8. The Bertz CT molecular complexity index is 2080. The van der Waals surface area contributed by atoms with Gasteiger partial charge in [0.25, 0.3) is 5.91 Å². The molecule has 1 amide bonds. The lowest BCUT2D eigenvalue weighted by molar-refractivity contribution is -0.123. The van der Waals surface area contributed by atoms with Crippen LogP contribution in [0.3, 0.4) is 0 Å². The maximum atomic E-state index is 14.8. The summed E-state index contributed by atoms with van der Waals surface area (Å²) in [6, 6.07) is 23.7. The Hall–Kier alpha value is -5.23.